The number of aliphatic carboxylic acids is 1. The predicted molar refractivity (Wildman–Crippen MR) is 82.4 cm³/mol. The summed E-state index contributed by atoms with van der Waals surface area (Å²) >= 11 is 1.70. The Hall–Kier alpha value is -1.56. The number of carbonyl (C=O) groups is 2. The Morgan fingerprint density at radius 2 is 2.05 bits per heavy atom. The third-order valence-corrected chi connectivity index (χ3v) is 5.22. The minimum absolute atomic E-state index is 0.0571. The van der Waals surface area contributed by atoms with Crippen molar-refractivity contribution in [3.8, 4) is 0 Å². The first-order valence-electron chi connectivity index (χ1n) is 7.42. The number of thiophene rings is 1. The van der Waals surface area contributed by atoms with Gasteiger partial charge in [0.1, 0.15) is 0 Å². The molecule has 1 saturated carbocycles. The monoisotopic (exact) mass is 310 g/mol. The number of nitrogens with one attached hydrogen (secondary N) is 2. The van der Waals surface area contributed by atoms with E-state index in [1.807, 2.05) is 6.07 Å². The maximum Gasteiger partial charge on any atom is 0.315 e. The molecular formula is C15H22N2O3S. The Morgan fingerprint density at radius 1 is 1.29 bits per heavy atom. The van der Waals surface area contributed by atoms with Crippen LogP contribution in [0.4, 0.5) is 4.79 Å². The molecule has 21 heavy (non-hydrogen) atoms. The fourth-order valence-electron chi connectivity index (χ4n) is 2.77. The SMILES string of the molecule is CCc1ccc(CNC(=O)NCC2CCCC2C(=O)O)s1. The molecule has 1 aromatic heterocycles. The topological polar surface area (TPSA) is 78.4 Å². The quantitative estimate of drug-likeness (QED) is 0.755. The minimum atomic E-state index is -0.745. The van der Waals surface area contributed by atoms with Gasteiger partial charge in [-0.15, -0.1) is 11.3 Å². The van der Waals surface area contributed by atoms with Crippen molar-refractivity contribution in [2.45, 2.75) is 39.2 Å². The number of urea groups is 1. The highest BCUT2D eigenvalue weighted by atomic mass is 32.1. The Labute approximate surface area is 128 Å². The normalized spacial score (nSPS) is 21.2. The highest BCUT2D eigenvalue weighted by molar-refractivity contribution is 7.11. The molecule has 0 saturated heterocycles. The first-order chi connectivity index (χ1) is 10.1. The van der Waals surface area contributed by atoms with E-state index in [4.69, 9.17) is 5.11 Å². The van der Waals surface area contributed by atoms with E-state index < -0.39 is 5.97 Å². The zero-order chi connectivity index (χ0) is 15.2. The van der Waals surface area contributed by atoms with Gasteiger partial charge in [-0.3, -0.25) is 4.79 Å². The van der Waals surface area contributed by atoms with Gasteiger partial charge in [-0.1, -0.05) is 13.3 Å². The van der Waals surface area contributed by atoms with Crippen molar-refractivity contribution in [1.29, 1.82) is 0 Å². The summed E-state index contributed by atoms with van der Waals surface area (Å²) in [6, 6.07) is 3.88. The smallest absolute Gasteiger partial charge is 0.315 e. The number of aryl methyl sites for hydroxylation is 1. The van der Waals surface area contributed by atoms with Gasteiger partial charge in [0, 0.05) is 16.3 Å². The van der Waals surface area contributed by atoms with Gasteiger partial charge < -0.3 is 15.7 Å². The lowest BCUT2D eigenvalue weighted by Crippen LogP contribution is -2.39. The van der Waals surface area contributed by atoms with Crippen LogP contribution in [0.25, 0.3) is 0 Å². The molecule has 0 radical (unpaired) electrons. The molecule has 2 amide bonds. The molecule has 3 N–H and O–H groups in total. The maximum absolute atomic E-state index is 11.8. The molecule has 6 heteroatoms. The molecular weight excluding hydrogens is 288 g/mol. The first-order valence-corrected chi connectivity index (χ1v) is 8.24. The van der Waals surface area contributed by atoms with Gasteiger partial charge in [-0.2, -0.15) is 0 Å². The van der Waals surface area contributed by atoms with Gasteiger partial charge in [-0.05, 0) is 37.3 Å². The molecule has 0 aliphatic heterocycles. The second-order valence-corrected chi connectivity index (χ2v) is 6.67. The van der Waals surface area contributed by atoms with Crippen LogP contribution in [0.5, 0.6) is 0 Å². The molecule has 2 rings (SSSR count). The van der Waals surface area contributed by atoms with Crippen LogP contribution in [0.2, 0.25) is 0 Å². The molecule has 0 aromatic carbocycles. The Bertz CT molecular complexity index is 501. The third kappa shape index (κ3) is 4.46. The van der Waals surface area contributed by atoms with Crippen LogP contribution in [0.1, 0.15) is 35.9 Å². The van der Waals surface area contributed by atoms with E-state index in [9.17, 15) is 9.59 Å². The van der Waals surface area contributed by atoms with Crippen LogP contribution in [-0.4, -0.2) is 23.7 Å². The van der Waals surface area contributed by atoms with Crippen molar-refractivity contribution in [3.05, 3.63) is 21.9 Å². The summed E-state index contributed by atoms with van der Waals surface area (Å²) in [6.45, 7) is 3.06. The zero-order valence-corrected chi connectivity index (χ0v) is 13.0. The summed E-state index contributed by atoms with van der Waals surface area (Å²) in [7, 11) is 0. The summed E-state index contributed by atoms with van der Waals surface area (Å²) in [6.07, 6.45) is 3.54. The molecule has 0 spiro atoms. The van der Waals surface area contributed by atoms with E-state index in [0.717, 1.165) is 30.6 Å². The van der Waals surface area contributed by atoms with Gasteiger partial charge in [-0.25, -0.2) is 4.79 Å². The van der Waals surface area contributed by atoms with Crippen LogP contribution < -0.4 is 10.6 Å². The second-order valence-electron chi connectivity index (χ2n) is 5.42. The van der Waals surface area contributed by atoms with Crippen LogP contribution in [0.3, 0.4) is 0 Å². The molecule has 1 aromatic rings. The van der Waals surface area contributed by atoms with Crippen LogP contribution in [0.15, 0.2) is 12.1 Å². The second kappa shape index (κ2) is 7.45. The molecule has 2 unspecified atom stereocenters. The number of carbonyl (C=O) groups excluding carboxylic acids is 1. The largest absolute Gasteiger partial charge is 0.481 e. The van der Waals surface area contributed by atoms with Crippen molar-refractivity contribution >= 4 is 23.3 Å². The molecule has 5 nitrogen and oxygen atoms in total. The summed E-state index contributed by atoms with van der Waals surface area (Å²) in [5.74, 6) is -0.998. The van der Waals surface area contributed by atoms with Crippen molar-refractivity contribution in [2.75, 3.05) is 6.54 Å². The van der Waals surface area contributed by atoms with Gasteiger partial charge >= 0.3 is 12.0 Å². The fourth-order valence-corrected chi connectivity index (χ4v) is 3.66. The number of rotatable bonds is 6. The van der Waals surface area contributed by atoms with Gasteiger partial charge in [0.25, 0.3) is 0 Å². The zero-order valence-electron chi connectivity index (χ0n) is 12.2. The fraction of sp³-hybridized carbons (Fsp3) is 0.600. The third-order valence-electron chi connectivity index (χ3n) is 3.99. The molecule has 0 bridgehead atoms. The summed E-state index contributed by atoms with van der Waals surface area (Å²) in [5, 5.41) is 14.7. The Balaban J connectivity index is 1.71. The number of hydrogen-bond donors (Lipinski definition) is 3. The van der Waals surface area contributed by atoms with Crippen LogP contribution in [0, 0.1) is 11.8 Å². The van der Waals surface area contributed by atoms with Gasteiger partial charge in [0.2, 0.25) is 0 Å². The van der Waals surface area contributed by atoms with E-state index in [-0.39, 0.29) is 17.9 Å². The number of hydrogen-bond acceptors (Lipinski definition) is 3. The van der Waals surface area contributed by atoms with E-state index in [0.29, 0.717) is 13.1 Å². The van der Waals surface area contributed by atoms with Crippen molar-refractivity contribution in [2.24, 2.45) is 11.8 Å². The Kier molecular flexibility index (Phi) is 5.61. The van der Waals surface area contributed by atoms with Crippen molar-refractivity contribution in [3.63, 3.8) is 0 Å². The van der Waals surface area contributed by atoms with Crippen LogP contribution in [-0.2, 0) is 17.8 Å². The number of carboxylic acids is 1. The highest BCUT2D eigenvalue weighted by Crippen LogP contribution is 2.31. The van der Waals surface area contributed by atoms with Crippen molar-refractivity contribution in [1.82, 2.24) is 10.6 Å². The first kappa shape index (κ1) is 15.8. The van der Waals surface area contributed by atoms with E-state index in [2.05, 4.69) is 23.6 Å². The lowest BCUT2D eigenvalue weighted by Gasteiger charge is -2.16. The average molecular weight is 310 g/mol. The lowest BCUT2D eigenvalue weighted by molar-refractivity contribution is -0.142. The molecule has 116 valence electrons. The minimum Gasteiger partial charge on any atom is -0.481 e. The molecule has 1 fully saturated rings. The van der Waals surface area contributed by atoms with E-state index in [1.54, 1.807) is 11.3 Å². The highest BCUT2D eigenvalue weighted by Gasteiger charge is 2.32. The van der Waals surface area contributed by atoms with Gasteiger partial charge in [0.05, 0.1) is 12.5 Å². The summed E-state index contributed by atoms with van der Waals surface area (Å²) < 4.78 is 0. The van der Waals surface area contributed by atoms with Crippen LogP contribution >= 0.6 is 11.3 Å². The average Bonchev–Trinajstić information content (AvgIpc) is 3.11. The predicted octanol–water partition coefficient (Wildman–Crippen LogP) is 2.61. The van der Waals surface area contributed by atoms with E-state index in [1.165, 1.54) is 4.88 Å². The summed E-state index contributed by atoms with van der Waals surface area (Å²) in [5.41, 5.74) is 0. The molecule has 1 aliphatic rings. The lowest BCUT2D eigenvalue weighted by atomic mass is 9.96. The number of amides is 2. The number of carboxylic acid groups (broad SMARTS) is 1. The van der Waals surface area contributed by atoms with E-state index >= 15 is 0 Å². The van der Waals surface area contributed by atoms with Crippen molar-refractivity contribution < 1.29 is 14.7 Å². The molecule has 1 aliphatic carbocycles. The Morgan fingerprint density at radius 3 is 2.71 bits per heavy atom. The van der Waals surface area contributed by atoms with Gasteiger partial charge in [0.15, 0.2) is 0 Å². The molecule has 1 heterocycles. The standard InChI is InChI=1S/C15H22N2O3S/c1-2-11-6-7-12(21-11)9-17-15(20)16-8-10-4-3-5-13(10)14(18)19/h6-7,10,13H,2-5,8-9H2,1H3,(H,18,19)(H2,16,17,20). The molecule has 2 atom stereocenters. The summed E-state index contributed by atoms with van der Waals surface area (Å²) in [4.78, 5) is 25.3. The maximum atomic E-state index is 11.8.